The number of carbonyl (C=O) groups is 1. The van der Waals surface area contributed by atoms with Crippen LogP contribution in [0.4, 0.5) is 5.82 Å². The third-order valence-electron chi connectivity index (χ3n) is 4.09. The zero-order valence-corrected chi connectivity index (χ0v) is 15.9. The molecule has 0 unspecified atom stereocenters. The summed E-state index contributed by atoms with van der Waals surface area (Å²) in [5.74, 6) is 0.0217. The van der Waals surface area contributed by atoms with Gasteiger partial charge in [0.1, 0.15) is 5.82 Å². The predicted octanol–water partition coefficient (Wildman–Crippen LogP) is 2.84. The summed E-state index contributed by atoms with van der Waals surface area (Å²) in [7, 11) is 0. The number of thioether (sulfide) groups is 1. The number of rotatable bonds is 6. The summed E-state index contributed by atoms with van der Waals surface area (Å²) in [5, 5.41) is 3.59. The number of nitrogens with one attached hydrogen (secondary N) is 2. The van der Waals surface area contributed by atoms with Gasteiger partial charge in [0.25, 0.3) is 5.56 Å². The van der Waals surface area contributed by atoms with Crippen molar-refractivity contribution >= 4 is 23.5 Å². The minimum absolute atomic E-state index is 0.247. The molecule has 0 bridgehead atoms. The number of H-pyrrole nitrogens is 1. The molecule has 0 amide bonds. The Morgan fingerprint density at radius 1 is 1.41 bits per heavy atom. The summed E-state index contributed by atoms with van der Waals surface area (Å²) in [6.45, 7) is 7.45. The Labute approximate surface area is 161 Å². The highest BCUT2D eigenvalue weighted by Gasteiger charge is 2.36. The molecule has 1 atom stereocenters. The molecular weight excluding hydrogens is 364 g/mol. The van der Waals surface area contributed by atoms with E-state index in [0.717, 1.165) is 5.56 Å². The van der Waals surface area contributed by atoms with Gasteiger partial charge in [0.2, 0.25) is 0 Å². The molecule has 0 spiro atoms. The molecule has 27 heavy (non-hydrogen) atoms. The number of fused-ring (bicyclic) bond motifs is 1. The van der Waals surface area contributed by atoms with E-state index in [4.69, 9.17) is 4.74 Å². The predicted molar refractivity (Wildman–Crippen MR) is 105 cm³/mol. The molecule has 1 aliphatic heterocycles. The van der Waals surface area contributed by atoms with Gasteiger partial charge in [-0.1, -0.05) is 17.8 Å². The number of carbonyl (C=O) groups excluding carboxylic acids is 1. The van der Waals surface area contributed by atoms with Crippen LogP contribution in [0.3, 0.4) is 0 Å². The largest absolute Gasteiger partial charge is 0.463 e. The molecule has 0 radical (unpaired) electrons. The maximum absolute atomic E-state index is 12.9. The molecule has 0 aliphatic carbocycles. The van der Waals surface area contributed by atoms with E-state index in [0.29, 0.717) is 33.6 Å². The van der Waals surface area contributed by atoms with Crippen molar-refractivity contribution in [3.05, 3.63) is 69.9 Å². The van der Waals surface area contributed by atoms with Crippen molar-refractivity contribution in [1.82, 2.24) is 15.0 Å². The van der Waals surface area contributed by atoms with Crippen molar-refractivity contribution in [2.75, 3.05) is 17.7 Å². The molecule has 3 rings (SSSR count). The highest BCUT2D eigenvalue weighted by molar-refractivity contribution is 7.99. The first-order chi connectivity index (χ1) is 13.1. The second kappa shape index (κ2) is 8.22. The molecule has 140 valence electrons. The maximum Gasteiger partial charge on any atom is 0.336 e. The lowest BCUT2D eigenvalue weighted by Crippen LogP contribution is -2.31. The summed E-state index contributed by atoms with van der Waals surface area (Å²) in [6, 6.07) is 3.57. The van der Waals surface area contributed by atoms with Gasteiger partial charge in [-0.2, -0.15) is 0 Å². The van der Waals surface area contributed by atoms with Crippen LogP contribution in [0, 0.1) is 0 Å². The second-order valence-corrected chi connectivity index (χ2v) is 6.84. The number of pyridine rings is 1. The Hall–Kier alpha value is -2.87. The fraction of sp³-hybridized carbons (Fsp3) is 0.263. The third kappa shape index (κ3) is 3.80. The van der Waals surface area contributed by atoms with Crippen LogP contribution in [-0.2, 0) is 9.53 Å². The summed E-state index contributed by atoms with van der Waals surface area (Å²) in [6.07, 6.45) is 5.00. The number of nitrogens with zero attached hydrogens (tertiary/aromatic N) is 2. The Morgan fingerprint density at radius 2 is 2.15 bits per heavy atom. The van der Waals surface area contributed by atoms with Gasteiger partial charge in [-0.25, -0.2) is 9.78 Å². The van der Waals surface area contributed by atoms with E-state index in [-0.39, 0.29) is 12.2 Å². The smallest absolute Gasteiger partial charge is 0.336 e. The molecule has 2 aromatic rings. The van der Waals surface area contributed by atoms with Gasteiger partial charge in [-0.15, -0.1) is 6.58 Å². The Kier molecular flexibility index (Phi) is 5.75. The van der Waals surface area contributed by atoms with E-state index in [1.54, 1.807) is 44.4 Å². The first-order valence-electron chi connectivity index (χ1n) is 8.49. The summed E-state index contributed by atoms with van der Waals surface area (Å²) in [4.78, 5) is 36.9. The normalized spacial score (nSPS) is 15.7. The minimum Gasteiger partial charge on any atom is -0.463 e. The average Bonchev–Trinajstić information content (AvgIpc) is 2.66. The van der Waals surface area contributed by atoms with Gasteiger partial charge in [-0.05, 0) is 31.5 Å². The van der Waals surface area contributed by atoms with Crippen molar-refractivity contribution in [1.29, 1.82) is 0 Å². The lowest BCUT2D eigenvalue weighted by molar-refractivity contribution is -0.138. The number of hydrogen-bond acceptors (Lipinski definition) is 7. The standard InChI is InChI=1S/C19H20N4O3S/c1-4-10-27-19-22-16-15(17(24)23-19)14(12-6-8-20-9-7-12)13(11(3)21-16)18(25)26-5-2/h4,6-9,14H,1,5,10H2,2-3H3,(H2,21,22,23,24)/t14-/m1/s1. The number of allylic oxidation sites excluding steroid dienone is 1. The van der Waals surface area contributed by atoms with E-state index in [1.807, 2.05) is 0 Å². The molecule has 3 heterocycles. The van der Waals surface area contributed by atoms with E-state index in [9.17, 15) is 9.59 Å². The van der Waals surface area contributed by atoms with Crippen LogP contribution in [0.1, 0.15) is 30.9 Å². The van der Waals surface area contributed by atoms with Crippen molar-refractivity contribution in [3.8, 4) is 0 Å². The molecule has 8 heteroatoms. The molecule has 2 N–H and O–H groups in total. The maximum atomic E-state index is 12.9. The zero-order valence-electron chi connectivity index (χ0n) is 15.1. The van der Waals surface area contributed by atoms with Crippen molar-refractivity contribution in [2.45, 2.75) is 24.9 Å². The zero-order chi connectivity index (χ0) is 19.4. The Balaban J connectivity index is 2.18. The SMILES string of the molecule is C=CCSc1nc2c(c(=O)[nH]1)[C@H](c1ccncc1)C(C(=O)OCC)=C(C)N2. The number of hydrogen-bond donors (Lipinski definition) is 2. The molecule has 2 aromatic heterocycles. The monoisotopic (exact) mass is 384 g/mol. The molecule has 0 saturated carbocycles. The van der Waals surface area contributed by atoms with Gasteiger partial charge in [0.15, 0.2) is 5.16 Å². The van der Waals surface area contributed by atoms with E-state index in [1.165, 1.54) is 11.8 Å². The molecule has 0 saturated heterocycles. The van der Waals surface area contributed by atoms with Crippen LogP contribution in [-0.4, -0.2) is 33.3 Å². The Bertz CT molecular complexity index is 953. The fourth-order valence-corrected chi connectivity index (χ4v) is 3.60. The van der Waals surface area contributed by atoms with Gasteiger partial charge in [0.05, 0.1) is 23.7 Å². The van der Waals surface area contributed by atoms with Crippen LogP contribution in [0.2, 0.25) is 0 Å². The second-order valence-electron chi connectivity index (χ2n) is 5.83. The number of anilines is 1. The molecule has 0 fully saturated rings. The van der Waals surface area contributed by atoms with Gasteiger partial charge in [-0.3, -0.25) is 9.78 Å². The average molecular weight is 384 g/mol. The topological polar surface area (TPSA) is 97.0 Å². The molecular formula is C19H20N4O3S. The van der Waals surface area contributed by atoms with E-state index in [2.05, 4.69) is 26.8 Å². The number of esters is 1. The van der Waals surface area contributed by atoms with Crippen LogP contribution >= 0.6 is 11.8 Å². The lowest BCUT2D eigenvalue weighted by Gasteiger charge is -2.28. The van der Waals surface area contributed by atoms with E-state index >= 15 is 0 Å². The quantitative estimate of drug-likeness (QED) is 0.342. The lowest BCUT2D eigenvalue weighted by atomic mass is 9.83. The van der Waals surface area contributed by atoms with Crippen molar-refractivity contribution in [3.63, 3.8) is 0 Å². The third-order valence-corrected chi connectivity index (χ3v) is 4.96. The minimum atomic E-state index is -0.585. The Morgan fingerprint density at radius 3 is 2.81 bits per heavy atom. The summed E-state index contributed by atoms with van der Waals surface area (Å²) >= 11 is 1.38. The first-order valence-corrected chi connectivity index (χ1v) is 9.48. The highest BCUT2D eigenvalue weighted by atomic mass is 32.2. The van der Waals surface area contributed by atoms with Crippen LogP contribution < -0.4 is 10.9 Å². The number of aromatic amines is 1. The van der Waals surface area contributed by atoms with Crippen molar-refractivity contribution in [2.24, 2.45) is 0 Å². The van der Waals surface area contributed by atoms with Crippen LogP contribution in [0.15, 0.2) is 58.4 Å². The van der Waals surface area contributed by atoms with Gasteiger partial charge >= 0.3 is 5.97 Å². The molecule has 0 aromatic carbocycles. The van der Waals surface area contributed by atoms with Gasteiger partial charge in [0, 0.05) is 23.8 Å². The highest BCUT2D eigenvalue weighted by Crippen LogP contribution is 2.39. The number of ether oxygens (including phenoxy) is 1. The van der Waals surface area contributed by atoms with Crippen molar-refractivity contribution < 1.29 is 9.53 Å². The molecule has 1 aliphatic rings. The molecule has 7 nitrogen and oxygen atoms in total. The number of aromatic nitrogens is 3. The summed E-state index contributed by atoms with van der Waals surface area (Å²) < 4.78 is 5.23. The van der Waals surface area contributed by atoms with Crippen LogP contribution in [0.25, 0.3) is 0 Å². The summed E-state index contributed by atoms with van der Waals surface area (Å²) in [5.41, 5.74) is 1.87. The fourth-order valence-electron chi connectivity index (χ4n) is 3.01. The first kappa shape index (κ1) is 18.9. The van der Waals surface area contributed by atoms with Crippen LogP contribution in [0.5, 0.6) is 0 Å². The van der Waals surface area contributed by atoms with E-state index < -0.39 is 11.9 Å². The van der Waals surface area contributed by atoms with Gasteiger partial charge < -0.3 is 15.0 Å².